The summed E-state index contributed by atoms with van der Waals surface area (Å²) in [6, 6.07) is 11.6. The van der Waals surface area contributed by atoms with Crippen LogP contribution in [0.4, 0.5) is 14.5 Å². The Labute approximate surface area is 263 Å². The monoisotopic (exact) mass is 641 g/mol. The minimum absolute atomic E-state index is 0.00529. The number of benzene rings is 3. The van der Waals surface area contributed by atoms with Gasteiger partial charge in [-0.2, -0.15) is 0 Å². The number of ether oxygens (including phenoxy) is 1. The van der Waals surface area contributed by atoms with Crippen molar-refractivity contribution >= 4 is 58.0 Å². The zero-order valence-corrected chi connectivity index (χ0v) is 25.9. The molecule has 1 aliphatic rings. The molecular formula is C32H31Cl2F2N5O3. The Kier molecular flexibility index (Phi) is 8.54. The third-order valence-corrected chi connectivity index (χ3v) is 8.51. The lowest BCUT2D eigenvalue weighted by Gasteiger charge is -2.40. The predicted molar refractivity (Wildman–Crippen MR) is 167 cm³/mol. The van der Waals surface area contributed by atoms with E-state index in [1.54, 1.807) is 24.3 Å². The van der Waals surface area contributed by atoms with E-state index in [1.807, 2.05) is 20.8 Å². The second kappa shape index (κ2) is 11.9. The first-order valence-corrected chi connectivity index (χ1v) is 14.6. The maximum absolute atomic E-state index is 15.9. The van der Waals surface area contributed by atoms with Gasteiger partial charge in [-0.15, -0.1) is 0 Å². The van der Waals surface area contributed by atoms with Gasteiger partial charge in [-0.05, 0) is 53.8 Å². The molecule has 1 aromatic heterocycles. The molecule has 0 spiro atoms. The van der Waals surface area contributed by atoms with Gasteiger partial charge in [-0.3, -0.25) is 4.79 Å². The highest BCUT2D eigenvalue weighted by Gasteiger charge is 2.59. The number of esters is 1. The molecule has 0 bridgehead atoms. The van der Waals surface area contributed by atoms with Crippen molar-refractivity contribution in [2.45, 2.75) is 50.6 Å². The number of hydrogen-bond donors (Lipinski definition) is 4. The number of fused-ring (bicyclic) bond motifs is 1. The Hall–Kier alpha value is -3.86. The van der Waals surface area contributed by atoms with E-state index in [4.69, 9.17) is 33.3 Å². The Morgan fingerprint density at radius 3 is 2.55 bits per heavy atom. The lowest BCUT2D eigenvalue weighted by molar-refractivity contribution is -0.118. The molecule has 8 nitrogen and oxygen atoms in total. The van der Waals surface area contributed by atoms with Crippen LogP contribution >= 0.6 is 23.2 Å². The Balaban J connectivity index is 1.65. The molecule has 2 heterocycles. The van der Waals surface area contributed by atoms with Crippen LogP contribution in [-0.2, 0) is 14.9 Å². The van der Waals surface area contributed by atoms with Gasteiger partial charge >= 0.3 is 5.97 Å². The highest BCUT2D eigenvalue weighted by Crippen LogP contribution is 2.52. The van der Waals surface area contributed by atoms with Crippen molar-refractivity contribution in [2.24, 2.45) is 5.41 Å². The Bertz CT molecular complexity index is 1770. The maximum Gasteiger partial charge on any atom is 0.374 e. The molecular weight excluding hydrogens is 611 g/mol. The number of carbonyl (C=O) groups excluding carboxylic acids is 2. The average molecular weight is 643 g/mol. The molecule has 44 heavy (non-hydrogen) atoms. The molecule has 1 aliphatic heterocycles. The van der Waals surface area contributed by atoms with Crippen molar-refractivity contribution < 1.29 is 23.1 Å². The third-order valence-electron chi connectivity index (χ3n) is 7.99. The molecule has 1 fully saturated rings. The lowest BCUT2D eigenvalue weighted by Crippen LogP contribution is -2.46. The van der Waals surface area contributed by atoms with Crippen LogP contribution < -0.4 is 10.6 Å². The van der Waals surface area contributed by atoms with E-state index < -0.39 is 46.9 Å². The summed E-state index contributed by atoms with van der Waals surface area (Å²) >= 11 is 12.3. The van der Waals surface area contributed by atoms with Gasteiger partial charge in [0.2, 0.25) is 11.7 Å². The molecule has 0 radical (unpaired) electrons. The average Bonchev–Trinajstić information content (AvgIpc) is 3.52. The zero-order chi connectivity index (χ0) is 32.0. The van der Waals surface area contributed by atoms with Gasteiger partial charge in [0.1, 0.15) is 11.6 Å². The van der Waals surface area contributed by atoms with E-state index in [9.17, 15) is 9.59 Å². The van der Waals surface area contributed by atoms with Crippen LogP contribution in [0.2, 0.25) is 10.0 Å². The highest BCUT2D eigenvalue weighted by molar-refractivity contribution is 6.31. The fourth-order valence-corrected chi connectivity index (χ4v) is 6.51. The van der Waals surface area contributed by atoms with Gasteiger partial charge in [-0.25, -0.2) is 18.6 Å². The van der Waals surface area contributed by atoms with Crippen LogP contribution in [0.25, 0.3) is 11.0 Å². The van der Waals surface area contributed by atoms with Gasteiger partial charge in [-0.1, -0.05) is 62.2 Å². The number of methoxy groups -OCH3 is 1. The van der Waals surface area contributed by atoms with Crippen molar-refractivity contribution in [3.8, 4) is 0 Å². The largest absolute Gasteiger partial charge is 0.463 e. The van der Waals surface area contributed by atoms with Crippen molar-refractivity contribution in [3.63, 3.8) is 0 Å². The number of H-pyrrole nitrogens is 1. The number of anilines is 1. The molecule has 3 aromatic carbocycles. The molecule has 4 unspecified atom stereocenters. The molecule has 230 valence electrons. The van der Waals surface area contributed by atoms with E-state index in [-0.39, 0.29) is 32.4 Å². The normalized spacial score (nSPS) is 21.8. The highest BCUT2D eigenvalue weighted by atomic mass is 35.5. The fraction of sp³-hybridized carbons (Fsp3) is 0.312. The van der Waals surface area contributed by atoms with Gasteiger partial charge in [0.05, 0.1) is 34.6 Å². The fourth-order valence-electron chi connectivity index (χ4n) is 6.17. The van der Waals surface area contributed by atoms with Crippen LogP contribution in [0.15, 0.2) is 54.6 Å². The summed E-state index contributed by atoms with van der Waals surface area (Å²) in [5.74, 6) is -3.71. The molecule has 1 amide bonds. The molecule has 4 aromatic rings. The number of amides is 1. The molecule has 4 atom stereocenters. The Morgan fingerprint density at radius 1 is 1.14 bits per heavy atom. The third kappa shape index (κ3) is 5.69. The second-order valence-corrected chi connectivity index (χ2v) is 12.9. The Morgan fingerprint density at radius 2 is 1.89 bits per heavy atom. The minimum Gasteiger partial charge on any atom is -0.463 e. The summed E-state index contributed by atoms with van der Waals surface area (Å²) in [7, 11) is 1.24. The van der Waals surface area contributed by atoms with Crippen molar-refractivity contribution in [2.75, 3.05) is 12.4 Å². The van der Waals surface area contributed by atoms with E-state index in [0.29, 0.717) is 23.1 Å². The first kappa shape index (κ1) is 31.6. The second-order valence-electron chi connectivity index (χ2n) is 12.1. The number of aromatic amines is 1. The zero-order valence-electron chi connectivity index (χ0n) is 24.4. The molecule has 0 saturated carbocycles. The summed E-state index contributed by atoms with van der Waals surface area (Å²) in [5, 5.41) is 15.0. The van der Waals surface area contributed by atoms with Gasteiger partial charge < -0.3 is 25.8 Å². The van der Waals surface area contributed by atoms with Gasteiger partial charge in [0.15, 0.2) is 0 Å². The van der Waals surface area contributed by atoms with Crippen LogP contribution in [0.1, 0.15) is 54.9 Å². The number of nitrogens with one attached hydrogen (secondary N) is 4. The van der Waals surface area contributed by atoms with E-state index in [1.165, 1.54) is 31.4 Å². The molecule has 1 saturated heterocycles. The molecule has 5 rings (SSSR count). The van der Waals surface area contributed by atoms with E-state index >= 15 is 8.78 Å². The lowest BCUT2D eigenvalue weighted by atomic mass is 9.62. The van der Waals surface area contributed by atoms with Gasteiger partial charge in [0.25, 0.3) is 0 Å². The molecule has 4 N–H and O–H groups in total. The summed E-state index contributed by atoms with van der Waals surface area (Å²) in [6.07, 6.45) is 1.51. The van der Waals surface area contributed by atoms with E-state index in [2.05, 4.69) is 20.6 Å². The van der Waals surface area contributed by atoms with Crippen LogP contribution in [0, 0.1) is 22.5 Å². The maximum atomic E-state index is 15.9. The topological polar surface area (TPSA) is 120 Å². The number of carbonyl (C=O) groups is 2. The van der Waals surface area contributed by atoms with Crippen molar-refractivity contribution in [3.05, 3.63) is 93.2 Å². The van der Waals surface area contributed by atoms with Gasteiger partial charge in [0, 0.05) is 34.4 Å². The van der Waals surface area contributed by atoms with E-state index in [0.717, 1.165) is 12.3 Å². The number of aromatic nitrogens is 2. The standard InChI is InChI=1S/C32H31Cl2F2N5O3/c1-31(2,3)14-24-32(15-37,19-10-8-16(33)12-21(19)35)25(18-6-5-7-20(34)26(18)36)27(41-24)29(42)38-17-9-11-22-23(13-17)40-28(39-22)30(43)44-4/h5-13,15,24-25,27,37,41H,14H2,1-4H3,(H,38,42)(H,39,40). The SMILES string of the molecule is COC(=O)c1nc2ccc(NC(=O)C3NC(CC(C)(C)C)C(C=N)(c4ccc(Cl)cc4F)C3c3cccc(Cl)c3F)cc2[nH]1. The number of imidazole rings is 1. The van der Waals surface area contributed by atoms with Crippen molar-refractivity contribution in [1.29, 1.82) is 5.41 Å². The summed E-state index contributed by atoms with van der Waals surface area (Å²) in [6.45, 7) is 5.98. The minimum atomic E-state index is -1.52. The van der Waals surface area contributed by atoms with Crippen LogP contribution in [-0.4, -0.2) is 47.3 Å². The summed E-state index contributed by atoms with van der Waals surface area (Å²) in [5.41, 5.74) is -0.361. The predicted octanol–water partition coefficient (Wildman–Crippen LogP) is 7.02. The first-order valence-electron chi connectivity index (χ1n) is 13.8. The summed E-state index contributed by atoms with van der Waals surface area (Å²) in [4.78, 5) is 33.2. The van der Waals surface area contributed by atoms with Crippen LogP contribution in [0.5, 0.6) is 0 Å². The van der Waals surface area contributed by atoms with Crippen LogP contribution in [0.3, 0.4) is 0 Å². The molecule has 0 aliphatic carbocycles. The number of halogens is 4. The summed E-state index contributed by atoms with van der Waals surface area (Å²) < 4.78 is 36.4. The number of rotatable bonds is 7. The number of nitrogens with zero attached hydrogens (tertiary/aromatic N) is 1. The van der Waals surface area contributed by atoms with Crippen molar-refractivity contribution in [1.82, 2.24) is 15.3 Å². The molecule has 12 heteroatoms. The smallest absolute Gasteiger partial charge is 0.374 e. The first-order chi connectivity index (χ1) is 20.8. The quantitative estimate of drug-likeness (QED) is 0.128. The number of hydrogen-bond acceptors (Lipinski definition) is 6.